The SMILES string of the molecule is O=C(NC1CN(C(=O)Cc2csc(NC(=O)C3CC3)n2)C1)OCc1ccccc1. The predicted octanol–water partition coefficient (Wildman–Crippen LogP) is 2.17. The van der Waals surface area contributed by atoms with Crippen LogP contribution in [0.2, 0.25) is 0 Å². The maximum atomic E-state index is 12.3. The Labute approximate surface area is 172 Å². The zero-order valence-electron chi connectivity index (χ0n) is 15.8. The number of nitrogens with one attached hydrogen (secondary N) is 2. The molecule has 1 aromatic carbocycles. The van der Waals surface area contributed by atoms with Crippen molar-refractivity contribution in [1.82, 2.24) is 15.2 Å². The molecule has 4 rings (SSSR count). The van der Waals surface area contributed by atoms with Gasteiger partial charge in [-0.05, 0) is 18.4 Å². The minimum atomic E-state index is -0.485. The van der Waals surface area contributed by atoms with Crippen molar-refractivity contribution in [1.29, 1.82) is 0 Å². The zero-order chi connectivity index (χ0) is 20.2. The molecule has 1 aliphatic carbocycles. The molecule has 1 aliphatic heterocycles. The highest BCUT2D eigenvalue weighted by Crippen LogP contribution is 2.30. The van der Waals surface area contributed by atoms with Crippen LogP contribution in [0, 0.1) is 5.92 Å². The van der Waals surface area contributed by atoms with Crippen molar-refractivity contribution in [3.8, 4) is 0 Å². The normalized spacial score (nSPS) is 16.1. The molecular formula is C20H22N4O4S. The summed E-state index contributed by atoms with van der Waals surface area (Å²) in [6.07, 6.45) is 1.57. The number of hydrogen-bond acceptors (Lipinski definition) is 6. The van der Waals surface area contributed by atoms with E-state index >= 15 is 0 Å². The van der Waals surface area contributed by atoms with Crippen molar-refractivity contribution in [2.45, 2.75) is 31.9 Å². The second kappa shape index (κ2) is 8.60. The molecule has 9 heteroatoms. The van der Waals surface area contributed by atoms with Gasteiger partial charge in [-0.2, -0.15) is 0 Å². The number of aromatic nitrogens is 1. The first-order valence-electron chi connectivity index (χ1n) is 9.57. The van der Waals surface area contributed by atoms with Gasteiger partial charge in [0.05, 0.1) is 18.2 Å². The van der Waals surface area contributed by atoms with E-state index in [1.54, 1.807) is 10.3 Å². The molecule has 2 aromatic rings. The molecule has 0 unspecified atom stereocenters. The van der Waals surface area contributed by atoms with Gasteiger partial charge in [0.25, 0.3) is 0 Å². The molecule has 3 amide bonds. The molecule has 2 N–H and O–H groups in total. The molecule has 1 saturated carbocycles. The van der Waals surface area contributed by atoms with Crippen molar-refractivity contribution in [2.75, 3.05) is 18.4 Å². The van der Waals surface area contributed by atoms with Crippen molar-refractivity contribution < 1.29 is 19.1 Å². The van der Waals surface area contributed by atoms with E-state index in [0.29, 0.717) is 23.9 Å². The smallest absolute Gasteiger partial charge is 0.407 e. The van der Waals surface area contributed by atoms with Crippen LogP contribution in [0.25, 0.3) is 0 Å². The largest absolute Gasteiger partial charge is 0.445 e. The van der Waals surface area contributed by atoms with Gasteiger partial charge in [-0.3, -0.25) is 9.59 Å². The Hall–Kier alpha value is -2.94. The second-order valence-corrected chi connectivity index (χ2v) is 8.14. The van der Waals surface area contributed by atoms with Crippen LogP contribution in [-0.4, -0.2) is 46.9 Å². The highest BCUT2D eigenvalue weighted by molar-refractivity contribution is 7.13. The lowest BCUT2D eigenvalue weighted by Gasteiger charge is -2.39. The van der Waals surface area contributed by atoms with E-state index in [0.717, 1.165) is 18.4 Å². The van der Waals surface area contributed by atoms with Gasteiger partial charge in [-0.1, -0.05) is 30.3 Å². The first-order valence-corrected chi connectivity index (χ1v) is 10.4. The third kappa shape index (κ3) is 5.32. The van der Waals surface area contributed by atoms with Crippen molar-refractivity contribution in [2.24, 2.45) is 5.92 Å². The number of carbonyl (C=O) groups is 3. The van der Waals surface area contributed by atoms with Gasteiger partial charge in [0.2, 0.25) is 11.8 Å². The van der Waals surface area contributed by atoms with Crippen LogP contribution in [0.3, 0.4) is 0 Å². The summed E-state index contributed by atoms with van der Waals surface area (Å²) in [7, 11) is 0. The minimum absolute atomic E-state index is 0.00744. The summed E-state index contributed by atoms with van der Waals surface area (Å²) < 4.78 is 5.18. The molecule has 8 nitrogen and oxygen atoms in total. The Morgan fingerprint density at radius 3 is 2.66 bits per heavy atom. The number of anilines is 1. The number of thiazole rings is 1. The average Bonchev–Trinajstić information content (AvgIpc) is 3.45. The average molecular weight is 414 g/mol. The number of alkyl carbamates (subject to hydrolysis) is 1. The van der Waals surface area contributed by atoms with Crippen LogP contribution in [0.1, 0.15) is 24.1 Å². The molecule has 2 aliphatic rings. The lowest BCUT2D eigenvalue weighted by Crippen LogP contribution is -2.61. The first kappa shape index (κ1) is 19.4. The van der Waals surface area contributed by atoms with Crippen LogP contribution < -0.4 is 10.6 Å². The van der Waals surface area contributed by atoms with E-state index in [1.807, 2.05) is 30.3 Å². The molecule has 0 spiro atoms. The van der Waals surface area contributed by atoms with E-state index < -0.39 is 6.09 Å². The maximum Gasteiger partial charge on any atom is 0.407 e. The third-order valence-electron chi connectivity index (χ3n) is 4.83. The number of hydrogen-bond donors (Lipinski definition) is 2. The topological polar surface area (TPSA) is 101 Å². The van der Waals surface area contributed by atoms with E-state index in [1.165, 1.54) is 11.3 Å². The summed E-state index contributed by atoms with van der Waals surface area (Å²) >= 11 is 1.33. The predicted molar refractivity (Wildman–Crippen MR) is 107 cm³/mol. The summed E-state index contributed by atoms with van der Waals surface area (Å²) in [6.45, 7) is 1.12. The maximum absolute atomic E-state index is 12.3. The van der Waals surface area contributed by atoms with Crippen LogP contribution in [-0.2, 0) is 27.4 Å². The molecule has 29 heavy (non-hydrogen) atoms. The van der Waals surface area contributed by atoms with Gasteiger partial charge in [0.1, 0.15) is 6.61 Å². The Morgan fingerprint density at radius 2 is 1.93 bits per heavy atom. The second-order valence-electron chi connectivity index (χ2n) is 7.29. The number of amides is 3. The molecule has 0 radical (unpaired) electrons. The fourth-order valence-corrected chi connectivity index (χ4v) is 3.68. The Kier molecular flexibility index (Phi) is 5.75. The summed E-state index contributed by atoms with van der Waals surface area (Å²) in [5.41, 5.74) is 1.56. The van der Waals surface area contributed by atoms with Gasteiger partial charge in [-0.25, -0.2) is 9.78 Å². The minimum Gasteiger partial charge on any atom is -0.445 e. The Morgan fingerprint density at radius 1 is 1.17 bits per heavy atom. The number of nitrogens with zero attached hydrogens (tertiary/aromatic N) is 2. The summed E-state index contributed by atoms with van der Waals surface area (Å²) in [5, 5.41) is 7.88. The number of likely N-dealkylation sites (tertiary alicyclic amines) is 1. The monoisotopic (exact) mass is 414 g/mol. The summed E-state index contributed by atoms with van der Waals surface area (Å²) in [6, 6.07) is 9.35. The van der Waals surface area contributed by atoms with Gasteiger partial charge >= 0.3 is 6.09 Å². The van der Waals surface area contributed by atoms with Gasteiger partial charge < -0.3 is 20.3 Å². The molecule has 1 saturated heterocycles. The molecular weight excluding hydrogens is 392 g/mol. The van der Waals surface area contributed by atoms with E-state index in [4.69, 9.17) is 4.74 Å². The van der Waals surface area contributed by atoms with Crippen molar-refractivity contribution in [3.63, 3.8) is 0 Å². The molecule has 2 fully saturated rings. The van der Waals surface area contributed by atoms with E-state index in [-0.39, 0.29) is 36.8 Å². The zero-order valence-corrected chi connectivity index (χ0v) is 16.6. The number of carbonyl (C=O) groups excluding carboxylic acids is 3. The first-order chi connectivity index (χ1) is 14.1. The molecule has 2 heterocycles. The summed E-state index contributed by atoms with van der Waals surface area (Å²) in [4.78, 5) is 41.9. The summed E-state index contributed by atoms with van der Waals surface area (Å²) in [5.74, 6) is 0.0768. The molecule has 152 valence electrons. The van der Waals surface area contributed by atoms with Crippen LogP contribution in [0.5, 0.6) is 0 Å². The Balaban J connectivity index is 1.15. The number of rotatable bonds is 7. The lowest BCUT2D eigenvalue weighted by atomic mass is 10.1. The van der Waals surface area contributed by atoms with Crippen LogP contribution >= 0.6 is 11.3 Å². The molecule has 1 aromatic heterocycles. The highest BCUT2D eigenvalue weighted by Gasteiger charge is 2.33. The fraction of sp³-hybridized carbons (Fsp3) is 0.400. The lowest BCUT2D eigenvalue weighted by molar-refractivity contribution is -0.135. The van der Waals surface area contributed by atoms with Gasteiger partial charge in [0.15, 0.2) is 5.13 Å². The third-order valence-corrected chi connectivity index (χ3v) is 5.64. The van der Waals surface area contributed by atoms with Gasteiger partial charge in [0, 0.05) is 24.4 Å². The van der Waals surface area contributed by atoms with Crippen molar-refractivity contribution >= 4 is 34.4 Å². The number of benzene rings is 1. The van der Waals surface area contributed by atoms with Crippen molar-refractivity contribution in [3.05, 3.63) is 47.0 Å². The fourth-order valence-electron chi connectivity index (χ4n) is 2.97. The van der Waals surface area contributed by atoms with Gasteiger partial charge in [-0.15, -0.1) is 11.3 Å². The number of ether oxygens (including phenoxy) is 1. The Bertz CT molecular complexity index is 891. The standard InChI is InChI=1S/C20H22N4O4S/c25-17(8-15-12-29-19(21-15)23-18(26)14-6-7-14)24-9-16(10-24)22-20(27)28-11-13-4-2-1-3-5-13/h1-5,12,14,16H,6-11H2,(H,22,27)(H,21,23,26). The van der Waals surface area contributed by atoms with Crippen LogP contribution in [0.4, 0.5) is 9.93 Å². The van der Waals surface area contributed by atoms with E-state index in [9.17, 15) is 14.4 Å². The molecule has 0 bridgehead atoms. The van der Waals surface area contributed by atoms with E-state index in [2.05, 4.69) is 15.6 Å². The highest BCUT2D eigenvalue weighted by atomic mass is 32.1. The quantitative estimate of drug-likeness (QED) is 0.723. The van der Waals surface area contributed by atoms with Crippen LogP contribution in [0.15, 0.2) is 35.7 Å². The molecule has 0 atom stereocenters.